The monoisotopic (exact) mass is 857 g/mol. The number of esters is 1. The molecule has 1 aromatic heterocycles. The van der Waals surface area contributed by atoms with E-state index in [-0.39, 0.29) is 31.2 Å². The number of halogens is 3. The molecule has 4 aliphatic carbocycles. The molecule has 9 rings (SSSR count). The van der Waals surface area contributed by atoms with Gasteiger partial charge in [0.1, 0.15) is 5.75 Å². The molecule has 3 aromatic carbocycles. The van der Waals surface area contributed by atoms with E-state index in [2.05, 4.69) is 10.8 Å². The largest absolute Gasteiger partial charge is 0.573 e. The van der Waals surface area contributed by atoms with Crippen molar-refractivity contribution in [3.8, 4) is 5.75 Å². The predicted octanol–water partition coefficient (Wildman–Crippen LogP) is 10.2. The van der Waals surface area contributed by atoms with Crippen LogP contribution in [0.5, 0.6) is 5.75 Å². The van der Waals surface area contributed by atoms with Crippen molar-refractivity contribution in [2.24, 2.45) is 16.2 Å². The molecule has 2 heterocycles. The first-order chi connectivity index (χ1) is 28.7. The van der Waals surface area contributed by atoms with Gasteiger partial charge >= 0.3 is 12.3 Å². The second-order valence-corrected chi connectivity index (χ2v) is 20.0. The average Bonchev–Trinajstić information content (AvgIpc) is 3.85. The summed E-state index contributed by atoms with van der Waals surface area (Å²) in [7, 11) is 0. The van der Waals surface area contributed by atoms with Gasteiger partial charge in [0.15, 0.2) is 5.60 Å². The molecule has 324 valence electrons. The van der Waals surface area contributed by atoms with Crippen LogP contribution in [0.4, 0.5) is 13.2 Å². The van der Waals surface area contributed by atoms with Gasteiger partial charge in [-0.25, -0.2) is 0 Å². The summed E-state index contributed by atoms with van der Waals surface area (Å²) < 4.78 is 50.4. The molecule has 0 unspecified atom stereocenters. The lowest BCUT2D eigenvalue weighted by atomic mass is 9.64. The Hall–Kier alpha value is -4.52. The molecule has 1 saturated heterocycles. The number of nitrogens with zero attached hydrogens (tertiary/aromatic N) is 1. The molecule has 0 radical (unpaired) electrons. The van der Waals surface area contributed by atoms with Crippen LogP contribution in [0.2, 0.25) is 0 Å². The van der Waals surface area contributed by atoms with Gasteiger partial charge < -0.3 is 24.6 Å². The Bertz CT molecular complexity index is 2370. The molecule has 61 heavy (non-hydrogen) atoms. The van der Waals surface area contributed by atoms with Crippen LogP contribution in [-0.2, 0) is 27.3 Å². The number of hydrogen-bond acceptors (Lipinski definition) is 8. The summed E-state index contributed by atoms with van der Waals surface area (Å²) in [5, 5.41) is 25.4. The van der Waals surface area contributed by atoms with E-state index in [1.807, 2.05) is 83.1 Å². The molecule has 0 spiro atoms. The first-order valence-electron chi connectivity index (χ1n) is 21.3. The number of benzene rings is 3. The zero-order valence-electron chi connectivity index (χ0n) is 35.4. The van der Waals surface area contributed by atoms with Gasteiger partial charge in [-0.2, -0.15) is 0 Å². The maximum atomic E-state index is 15.3. The molecular formula is C49H54F3NO7S. The molecule has 2 saturated carbocycles. The van der Waals surface area contributed by atoms with E-state index in [0.717, 1.165) is 26.8 Å². The van der Waals surface area contributed by atoms with Crippen molar-refractivity contribution in [1.29, 1.82) is 0 Å². The summed E-state index contributed by atoms with van der Waals surface area (Å²) in [4.78, 5) is 45.6. The van der Waals surface area contributed by atoms with Crippen molar-refractivity contribution >= 4 is 39.1 Å². The average molecular weight is 858 g/mol. The first kappa shape index (κ1) is 43.1. The number of alkyl halides is 3. The summed E-state index contributed by atoms with van der Waals surface area (Å²) in [5.74, 6) is -1.76. The van der Waals surface area contributed by atoms with Crippen molar-refractivity contribution in [2.75, 3.05) is 6.54 Å². The van der Waals surface area contributed by atoms with Gasteiger partial charge in [-0.1, -0.05) is 74.9 Å². The molecule has 4 aromatic rings. The first-order valence-corrected chi connectivity index (χ1v) is 22.1. The maximum Gasteiger partial charge on any atom is 0.573 e. The van der Waals surface area contributed by atoms with Crippen LogP contribution in [-0.4, -0.2) is 63.0 Å². The van der Waals surface area contributed by atoms with Gasteiger partial charge in [0.2, 0.25) is 5.78 Å². The number of aliphatic hydroxyl groups excluding tert-OH is 1. The molecule has 5 aliphatic rings. The summed E-state index contributed by atoms with van der Waals surface area (Å²) in [6.45, 7) is 9.42. The third-order valence-electron chi connectivity index (χ3n) is 15.3. The summed E-state index contributed by atoms with van der Waals surface area (Å²) in [6.07, 6.45) is 0.912. The number of hydrogen-bond donors (Lipinski definition) is 2. The number of thiophene rings is 1. The lowest BCUT2D eigenvalue weighted by Crippen LogP contribution is -2.60. The standard InChI is InChI=1S/C49H54F3NO7S/c1-30-9-8-21-45(4)38(36-19-15-32(25-34(54)16-12-30)26-37(36)41(55)40-27-33-10-6-7-11-39(33)61-40)20-22-47(45,58)29-53(28-31-13-17-35(18-14-31)59-49(50,51)52)42(56)48-24-23-46(5,43(57)60-48)44(48,2)3/h6-7,9-11,13-15,17-19,26-27,34,38,54,58H,8,12,16,20-25,28-29H2,1-5H3/t34-,38-,45-,46-,47+,48+/m0/s1. The van der Waals surface area contributed by atoms with Crippen LogP contribution in [0, 0.1) is 16.2 Å². The second kappa shape index (κ2) is 15.4. The van der Waals surface area contributed by atoms with E-state index in [1.165, 1.54) is 35.6 Å². The van der Waals surface area contributed by atoms with E-state index in [4.69, 9.17) is 4.74 Å². The highest BCUT2D eigenvalue weighted by Crippen LogP contribution is 2.66. The second-order valence-electron chi connectivity index (χ2n) is 19.0. The lowest BCUT2D eigenvalue weighted by Gasteiger charge is -2.47. The maximum absolute atomic E-state index is 15.3. The highest BCUT2D eigenvalue weighted by atomic mass is 32.1. The third kappa shape index (κ3) is 7.40. The fourth-order valence-corrected chi connectivity index (χ4v) is 11.9. The number of allylic oxidation sites excluding steroid dienone is 2. The Morgan fingerprint density at radius 2 is 1.69 bits per heavy atom. The minimum Gasteiger partial charge on any atom is -0.448 e. The van der Waals surface area contributed by atoms with Crippen molar-refractivity contribution in [3.63, 3.8) is 0 Å². The van der Waals surface area contributed by atoms with Crippen LogP contribution in [0.25, 0.3) is 10.1 Å². The Balaban J connectivity index is 1.21. The van der Waals surface area contributed by atoms with Crippen molar-refractivity contribution < 1.29 is 47.2 Å². The van der Waals surface area contributed by atoms with Crippen LogP contribution < -0.4 is 4.74 Å². The Kier molecular flexibility index (Phi) is 10.9. The van der Waals surface area contributed by atoms with Gasteiger partial charge in [0.25, 0.3) is 5.91 Å². The van der Waals surface area contributed by atoms with Crippen molar-refractivity contribution in [1.82, 2.24) is 4.90 Å². The van der Waals surface area contributed by atoms with Crippen molar-refractivity contribution in [3.05, 3.63) is 112 Å². The molecule has 4 bridgehead atoms. The van der Waals surface area contributed by atoms with E-state index >= 15 is 4.79 Å². The SMILES string of the molecule is CC1=CCC[C@@]2(C)[C@@H](CC[C@@]2(O)CN(Cc2ccc(OC(F)(F)F)cc2)C(=O)[C@@]23CC[C@@](C)(C(=O)O2)C3(C)C)c2ccc(cc2C(=O)c2cc3ccccc3s2)C[C@@H](O)CC1. The lowest BCUT2D eigenvalue weighted by molar-refractivity contribution is -0.274. The number of aliphatic hydroxyl groups is 2. The summed E-state index contributed by atoms with van der Waals surface area (Å²) in [6, 6.07) is 21.0. The molecule has 6 atom stereocenters. The van der Waals surface area contributed by atoms with Crippen LogP contribution in [0.15, 0.2) is 84.4 Å². The number of carbonyl (C=O) groups is 3. The zero-order valence-corrected chi connectivity index (χ0v) is 36.2. The predicted molar refractivity (Wildman–Crippen MR) is 227 cm³/mol. The highest BCUT2D eigenvalue weighted by Gasteiger charge is 2.76. The van der Waals surface area contributed by atoms with Gasteiger partial charge in [-0.15, -0.1) is 24.5 Å². The van der Waals surface area contributed by atoms with Crippen LogP contribution in [0.3, 0.4) is 0 Å². The summed E-state index contributed by atoms with van der Waals surface area (Å²) in [5.41, 5.74) is -1.95. The number of ether oxygens (including phenoxy) is 2. The zero-order chi connectivity index (χ0) is 43.8. The topological polar surface area (TPSA) is 113 Å². The number of ketones is 1. The van der Waals surface area contributed by atoms with Gasteiger partial charge in [-0.05, 0) is 130 Å². The normalized spacial score (nSPS) is 29.8. The number of carbonyl (C=O) groups excluding carboxylic acids is 3. The minimum atomic E-state index is -4.88. The van der Waals surface area contributed by atoms with Crippen LogP contribution >= 0.6 is 11.3 Å². The Morgan fingerprint density at radius 1 is 0.951 bits per heavy atom. The molecule has 8 nitrogen and oxygen atoms in total. The molecule has 2 N–H and O–H groups in total. The van der Waals surface area contributed by atoms with E-state index in [0.29, 0.717) is 67.4 Å². The highest BCUT2D eigenvalue weighted by molar-refractivity contribution is 7.21. The van der Waals surface area contributed by atoms with Crippen LogP contribution in [0.1, 0.15) is 124 Å². The quantitative estimate of drug-likeness (QED) is 0.103. The summed E-state index contributed by atoms with van der Waals surface area (Å²) >= 11 is 1.43. The molecule has 1 aliphatic heterocycles. The number of rotatable bonds is 8. The van der Waals surface area contributed by atoms with Gasteiger partial charge in [0, 0.05) is 27.6 Å². The fourth-order valence-electron chi connectivity index (χ4n) is 10.9. The van der Waals surface area contributed by atoms with E-state index < -0.39 is 57.5 Å². The van der Waals surface area contributed by atoms with Gasteiger partial charge in [-0.3, -0.25) is 14.4 Å². The van der Waals surface area contributed by atoms with E-state index in [9.17, 15) is 33.0 Å². The Labute approximate surface area is 358 Å². The molecule has 3 fully saturated rings. The molecule has 12 heteroatoms. The third-order valence-corrected chi connectivity index (χ3v) is 16.4. The smallest absolute Gasteiger partial charge is 0.448 e. The number of fused-ring (bicyclic) bond motifs is 11. The fraction of sp³-hybridized carbons (Fsp3) is 0.490. The molecular weight excluding hydrogens is 804 g/mol. The van der Waals surface area contributed by atoms with E-state index in [1.54, 1.807) is 4.90 Å². The van der Waals surface area contributed by atoms with Gasteiger partial charge in [0.05, 0.1) is 28.5 Å². The number of amides is 1. The van der Waals surface area contributed by atoms with Crippen molar-refractivity contribution in [2.45, 2.75) is 129 Å². The minimum absolute atomic E-state index is 0.0774. The Morgan fingerprint density at radius 3 is 2.36 bits per heavy atom. The molecule has 1 amide bonds.